The van der Waals surface area contributed by atoms with E-state index in [4.69, 9.17) is 9.72 Å². The molecule has 4 aromatic rings. The van der Waals surface area contributed by atoms with Gasteiger partial charge < -0.3 is 15.4 Å². The second kappa shape index (κ2) is 7.42. The van der Waals surface area contributed by atoms with E-state index in [9.17, 15) is 0 Å². The molecule has 1 aliphatic heterocycles. The van der Waals surface area contributed by atoms with Crippen LogP contribution in [0.4, 0.5) is 23.1 Å². The fourth-order valence-electron chi connectivity index (χ4n) is 3.90. The molecule has 0 saturated heterocycles. The zero-order chi connectivity index (χ0) is 20.7. The second-order valence-corrected chi connectivity index (χ2v) is 7.71. The van der Waals surface area contributed by atoms with Crippen LogP contribution in [0.3, 0.4) is 0 Å². The van der Waals surface area contributed by atoms with E-state index in [1.165, 1.54) is 22.3 Å². The summed E-state index contributed by atoms with van der Waals surface area (Å²) in [6.07, 6.45) is 2.78. The summed E-state index contributed by atoms with van der Waals surface area (Å²) in [6, 6.07) is 12.6. The Balaban J connectivity index is 1.45. The summed E-state index contributed by atoms with van der Waals surface area (Å²) in [5.74, 6) is 1.29. The smallest absolute Gasteiger partial charge is 0.229 e. The average Bonchev–Trinajstić information content (AvgIpc) is 3.06. The third-order valence-electron chi connectivity index (χ3n) is 5.54. The standard InChI is InChI=1S/C23H24N6O/c1-14-5-4-6-15(2)20(14)26-21-19-12-24-23(27-22(19)29(3)28-21)25-18-8-7-16-9-10-30-13-17(16)11-18/h4-8,11-12H,9-10,13H2,1-3H3,(H,26,28)(H,24,25,27). The van der Waals surface area contributed by atoms with Gasteiger partial charge in [-0.1, -0.05) is 24.3 Å². The lowest BCUT2D eigenvalue weighted by Crippen LogP contribution is -2.10. The van der Waals surface area contributed by atoms with E-state index in [-0.39, 0.29) is 0 Å². The molecule has 30 heavy (non-hydrogen) atoms. The van der Waals surface area contributed by atoms with Crippen molar-refractivity contribution >= 4 is 34.2 Å². The Morgan fingerprint density at radius 1 is 1.03 bits per heavy atom. The van der Waals surface area contributed by atoms with Crippen LogP contribution in [-0.4, -0.2) is 26.4 Å². The fraction of sp³-hybridized carbons (Fsp3) is 0.261. The molecule has 0 radical (unpaired) electrons. The van der Waals surface area contributed by atoms with Gasteiger partial charge in [-0.05, 0) is 54.7 Å². The molecule has 0 aliphatic carbocycles. The van der Waals surface area contributed by atoms with Gasteiger partial charge in [0.05, 0.1) is 18.6 Å². The van der Waals surface area contributed by atoms with Crippen molar-refractivity contribution in [2.24, 2.45) is 7.05 Å². The van der Waals surface area contributed by atoms with Crippen molar-refractivity contribution in [3.63, 3.8) is 0 Å². The molecule has 0 atom stereocenters. The Hall–Kier alpha value is -3.45. The number of aryl methyl sites for hydroxylation is 3. The molecule has 0 unspecified atom stereocenters. The number of ether oxygens (including phenoxy) is 1. The van der Waals surface area contributed by atoms with Crippen molar-refractivity contribution in [2.45, 2.75) is 26.9 Å². The Kier molecular flexibility index (Phi) is 4.59. The summed E-state index contributed by atoms with van der Waals surface area (Å²) in [6.45, 7) is 5.61. The highest BCUT2D eigenvalue weighted by molar-refractivity contribution is 5.90. The molecule has 1 aliphatic rings. The van der Waals surface area contributed by atoms with E-state index >= 15 is 0 Å². The molecule has 7 heteroatoms. The van der Waals surface area contributed by atoms with E-state index in [0.717, 1.165) is 41.3 Å². The van der Waals surface area contributed by atoms with Gasteiger partial charge in [-0.15, -0.1) is 0 Å². The normalized spacial score (nSPS) is 13.3. The van der Waals surface area contributed by atoms with Gasteiger partial charge >= 0.3 is 0 Å². The molecule has 0 amide bonds. The van der Waals surface area contributed by atoms with Crippen LogP contribution in [0, 0.1) is 13.8 Å². The zero-order valence-electron chi connectivity index (χ0n) is 17.4. The SMILES string of the molecule is Cc1cccc(C)c1Nc1nn(C)c2nc(Nc3ccc4c(c3)COCC4)ncc12. The van der Waals surface area contributed by atoms with Crippen LogP contribution in [-0.2, 0) is 24.8 Å². The van der Waals surface area contributed by atoms with Crippen LogP contribution in [0.1, 0.15) is 22.3 Å². The molecule has 0 spiro atoms. The molecule has 152 valence electrons. The van der Waals surface area contributed by atoms with Gasteiger partial charge in [0, 0.05) is 24.6 Å². The lowest BCUT2D eigenvalue weighted by atomic mass is 10.0. The van der Waals surface area contributed by atoms with Crippen molar-refractivity contribution in [3.8, 4) is 0 Å². The number of hydrogen-bond acceptors (Lipinski definition) is 6. The minimum atomic E-state index is 0.542. The summed E-state index contributed by atoms with van der Waals surface area (Å²) >= 11 is 0. The number of nitrogens with zero attached hydrogens (tertiary/aromatic N) is 4. The van der Waals surface area contributed by atoms with Crippen LogP contribution in [0.15, 0.2) is 42.6 Å². The summed E-state index contributed by atoms with van der Waals surface area (Å²) in [5.41, 5.74) is 7.69. The largest absolute Gasteiger partial charge is 0.376 e. The Morgan fingerprint density at radius 2 is 1.87 bits per heavy atom. The molecule has 0 saturated carbocycles. The lowest BCUT2D eigenvalue weighted by Gasteiger charge is -2.17. The summed E-state index contributed by atoms with van der Waals surface area (Å²) < 4.78 is 7.34. The highest BCUT2D eigenvalue weighted by Gasteiger charge is 2.15. The topological polar surface area (TPSA) is 76.9 Å². The van der Waals surface area contributed by atoms with Crippen LogP contribution >= 0.6 is 0 Å². The monoisotopic (exact) mass is 400 g/mol. The van der Waals surface area contributed by atoms with Gasteiger partial charge in [0.25, 0.3) is 0 Å². The Bertz CT molecular complexity index is 1230. The summed E-state index contributed by atoms with van der Waals surface area (Å²) in [4.78, 5) is 9.22. The van der Waals surface area contributed by atoms with Crippen LogP contribution < -0.4 is 10.6 Å². The Labute approximate surface area is 175 Å². The number of benzene rings is 2. The van der Waals surface area contributed by atoms with E-state index in [2.05, 4.69) is 71.0 Å². The van der Waals surface area contributed by atoms with Crippen LogP contribution in [0.2, 0.25) is 0 Å². The van der Waals surface area contributed by atoms with Crippen molar-refractivity contribution in [1.82, 2.24) is 19.7 Å². The molecular weight excluding hydrogens is 376 g/mol. The minimum Gasteiger partial charge on any atom is -0.376 e. The van der Waals surface area contributed by atoms with Crippen LogP contribution in [0.25, 0.3) is 11.0 Å². The first-order valence-electron chi connectivity index (χ1n) is 10.1. The number of aromatic nitrogens is 4. The van der Waals surface area contributed by atoms with Gasteiger partial charge in [0.2, 0.25) is 5.95 Å². The lowest BCUT2D eigenvalue weighted by molar-refractivity contribution is 0.111. The number of para-hydroxylation sites is 1. The maximum atomic E-state index is 5.57. The quantitative estimate of drug-likeness (QED) is 0.524. The predicted molar refractivity (Wildman–Crippen MR) is 119 cm³/mol. The molecule has 3 heterocycles. The van der Waals surface area contributed by atoms with Gasteiger partial charge in [-0.25, -0.2) is 9.67 Å². The van der Waals surface area contributed by atoms with Gasteiger partial charge in [-0.3, -0.25) is 0 Å². The Morgan fingerprint density at radius 3 is 2.70 bits per heavy atom. The number of nitrogens with one attached hydrogen (secondary N) is 2. The molecular formula is C23H24N6O. The number of rotatable bonds is 4. The zero-order valence-corrected chi connectivity index (χ0v) is 17.4. The van der Waals surface area contributed by atoms with Gasteiger partial charge in [0.1, 0.15) is 0 Å². The summed E-state index contributed by atoms with van der Waals surface area (Å²) in [5, 5.41) is 12.3. The van der Waals surface area contributed by atoms with Crippen molar-refractivity contribution < 1.29 is 4.74 Å². The first-order valence-corrected chi connectivity index (χ1v) is 10.1. The number of hydrogen-bond donors (Lipinski definition) is 2. The third kappa shape index (κ3) is 3.37. The molecule has 5 rings (SSSR count). The van der Waals surface area contributed by atoms with E-state index in [1.54, 1.807) is 4.68 Å². The first-order chi connectivity index (χ1) is 14.6. The first kappa shape index (κ1) is 18.6. The molecule has 0 fully saturated rings. The molecule has 0 bridgehead atoms. The maximum Gasteiger partial charge on any atom is 0.229 e. The maximum absolute atomic E-state index is 5.57. The van der Waals surface area contributed by atoms with E-state index in [1.807, 2.05) is 13.2 Å². The predicted octanol–water partition coefficient (Wildman–Crippen LogP) is 4.54. The average molecular weight is 400 g/mol. The molecule has 7 nitrogen and oxygen atoms in total. The minimum absolute atomic E-state index is 0.542. The molecule has 2 aromatic heterocycles. The second-order valence-electron chi connectivity index (χ2n) is 7.71. The van der Waals surface area contributed by atoms with E-state index < -0.39 is 0 Å². The fourth-order valence-corrected chi connectivity index (χ4v) is 3.90. The van der Waals surface area contributed by atoms with Gasteiger partial charge in [0.15, 0.2) is 11.5 Å². The molecule has 2 N–H and O–H groups in total. The van der Waals surface area contributed by atoms with Crippen molar-refractivity contribution in [3.05, 3.63) is 64.8 Å². The van der Waals surface area contributed by atoms with Crippen molar-refractivity contribution in [1.29, 1.82) is 0 Å². The summed E-state index contributed by atoms with van der Waals surface area (Å²) in [7, 11) is 1.89. The third-order valence-corrected chi connectivity index (χ3v) is 5.54. The molecule has 2 aromatic carbocycles. The van der Waals surface area contributed by atoms with Crippen molar-refractivity contribution in [2.75, 3.05) is 17.2 Å². The highest BCUT2D eigenvalue weighted by Crippen LogP contribution is 2.29. The van der Waals surface area contributed by atoms with Gasteiger partial charge in [-0.2, -0.15) is 10.1 Å². The number of fused-ring (bicyclic) bond motifs is 2. The van der Waals surface area contributed by atoms with Crippen LogP contribution in [0.5, 0.6) is 0 Å². The number of anilines is 4. The highest BCUT2D eigenvalue weighted by atomic mass is 16.5. The van der Waals surface area contributed by atoms with E-state index in [0.29, 0.717) is 12.6 Å².